The predicted molar refractivity (Wildman–Crippen MR) is 103 cm³/mol. The van der Waals surface area contributed by atoms with Crippen molar-refractivity contribution in [2.24, 2.45) is 11.8 Å². The standard InChI is InChI=1S/C21H35NO4/c1-6-8-9-10-11-12-13-17-14-15-22(20(24)26-21(3,4)5)16-18(17)19(23)25-7-2/h17-18H,6-11,14-16H2,1-5H3. The van der Waals surface area contributed by atoms with Crippen LogP contribution in [0.4, 0.5) is 4.79 Å². The number of rotatable bonds is 6. The Morgan fingerprint density at radius 3 is 2.50 bits per heavy atom. The number of nitrogens with zero attached hydrogens (tertiary/aromatic N) is 1. The number of hydrogen-bond donors (Lipinski definition) is 0. The number of unbranched alkanes of at least 4 members (excludes halogenated alkanes) is 4. The van der Waals surface area contributed by atoms with E-state index in [2.05, 4.69) is 18.8 Å². The summed E-state index contributed by atoms with van der Waals surface area (Å²) in [5.41, 5.74) is -0.550. The molecule has 2 unspecified atom stereocenters. The average molecular weight is 366 g/mol. The molecule has 1 heterocycles. The Labute approximate surface area is 158 Å². The van der Waals surface area contributed by atoms with Crippen LogP contribution in [0.5, 0.6) is 0 Å². The molecule has 0 aliphatic carbocycles. The van der Waals surface area contributed by atoms with Crippen molar-refractivity contribution >= 4 is 12.1 Å². The summed E-state index contributed by atoms with van der Waals surface area (Å²) in [6, 6.07) is 0. The monoisotopic (exact) mass is 365 g/mol. The van der Waals surface area contributed by atoms with E-state index in [9.17, 15) is 9.59 Å². The number of piperidine rings is 1. The van der Waals surface area contributed by atoms with Crippen LogP contribution in [-0.4, -0.2) is 42.3 Å². The molecule has 1 saturated heterocycles. The minimum atomic E-state index is -0.550. The Hall–Kier alpha value is -1.70. The van der Waals surface area contributed by atoms with E-state index in [4.69, 9.17) is 9.47 Å². The second kappa shape index (κ2) is 11.1. The maximum Gasteiger partial charge on any atom is 0.410 e. The van der Waals surface area contributed by atoms with Gasteiger partial charge < -0.3 is 14.4 Å². The molecule has 1 rings (SSSR count). The fourth-order valence-electron chi connectivity index (χ4n) is 2.95. The van der Waals surface area contributed by atoms with E-state index in [0.29, 0.717) is 26.1 Å². The Morgan fingerprint density at radius 1 is 1.15 bits per heavy atom. The first kappa shape index (κ1) is 22.3. The zero-order chi connectivity index (χ0) is 19.6. The highest BCUT2D eigenvalue weighted by Gasteiger charge is 2.37. The fourth-order valence-corrected chi connectivity index (χ4v) is 2.95. The van der Waals surface area contributed by atoms with Gasteiger partial charge in [0.15, 0.2) is 0 Å². The minimum Gasteiger partial charge on any atom is -0.466 e. The van der Waals surface area contributed by atoms with Crippen LogP contribution in [0.15, 0.2) is 0 Å². The van der Waals surface area contributed by atoms with Gasteiger partial charge in [0, 0.05) is 25.4 Å². The van der Waals surface area contributed by atoms with Crippen LogP contribution in [0.25, 0.3) is 0 Å². The van der Waals surface area contributed by atoms with E-state index in [1.807, 2.05) is 20.8 Å². The molecule has 1 aliphatic heterocycles. The summed E-state index contributed by atoms with van der Waals surface area (Å²) >= 11 is 0. The fraction of sp³-hybridized carbons (Fsp3) is 0.810. The van der Waals surface area contributed by atoms with Gasteiger partial charge in [0.2, 0.25) is 0 Å². The van der Waals surface area contributed by atoms with Gasteiger partial charge in [0.05, 0.1) is 12.5 Å². The molecular weight excluding hydrogens is 330 g/mol. The average Bonchev–Trinajstić information content (AvgIpc) is 2.56. The third kappa shape index (κ3) is 8.12. The van der Waals surface area contributed by atoms with Crippen molar-refractivity contribution in [1.82, 2.24) is 4.90 Å². The van der Waals surface area contributed by atoms with Crippen LogP contribution in [0.2, 0.25) is 0 Å². The molecular formula is C21H35NO4. The lowest BCUT2D eigenvalue weighted by molar-refractivity contribution is -0.151. The summed E-state index contributed by atoms with van der Waals surface area (Å²) in [5.74, 6) is 5.76. The normalized spacial score (nSPS) is 20.1. The highest BCUT2D eigenvalue weighted by Crippen LogP contribution is 2.26. The first-order chi connectivity index (χ1) is 12.3. The van der Waals surface area contributed by atoms with Gasteiger partial charge in [-0.25, -0.2) is 4.79 Å². The van der Waals surface area contributed by atoms with Crippen molar-refractivity contribution in [3.8, 4) is 11.8 Å². The summed E-state index contributed by atoms with van der Waals surface area (Å²) < 4.78 is 10.6. The maximum absolute atomic E-state index is 12.4. The Bertz CT molecular complexity index is 512. The number of ether oxygens (including phenoxy) is 2. The van der Waals surface area contributed by atoms with Crippen molar-refractivity contribution in [2.75, 3.05) is 19.7 Å². The molecule has 5 heteroatoms. The van der Waals surface area contributed by atoms with Gasteiger partial charge in [-0.3, -0.25) is 4.79 Å². The summed E-state index contributed by atoms with van der Waals surface area (Å²) in [5, 5.41) is 0. The maximum atomic E-state index is 12.4. The van der Waals surface area contributed by atoms with Crippen LogP contribution < -0.4 is 0 Å². The number of hydrogen-bond acceptors (Lipinski definition) is 4. The minimum absolute atomic E-state index is 0.0566. The molecule has 2 atom stereocenters. The highest BCUT2D eigenvalue weighted by atomic mass is 16.6. The third-order valence-corrected chi connectivity index (χ3v) is 4.30. The number of carbonyl (C=O) groups is 2. The molecule has 26 heavy (non-hydrogen) atoms. The van der Waals surface area contributed by atoms with Gasteiger partial charge in [-0.15, -0.1) is 5.92 Å². The van der Waals surface area contributed by atoms with Crippen LogP contribution in [0.1, 0.15) is 73.1 Å². The van der Waals surface area contributed by atoms with Gasteiger partial charge in [-0.05, 0) is 40.5 Å². The van der Waals surface area contributed by atoms with E-state index in [-0.39, 0.29) is 18.0 Å². The molecule has 5 nitrogen and oxygen atoms in total. The molecule has 0 aromatic heterocycles. The van der Waals surface area contributed by atoms with Crippen molar-refractivity contribution in [1.29, 1.82) is 0 Å². The zero-order valence-electron chi connectivity index (χ0n) is 17.1. The van der Waals surface area contributed by atoms with Crippen LogP contribution in [0, 0.1) is 23.7 Å². The summed E-state index contributed by atoms with van der Waals surface area (Å²) in [7, 11) is 0. The van der Waals surface area contributed by atoms with Gasteiger partial charge in [0.25, 0.3) is 0 Å². The molecule has 0 aromatic carbocycles. The lowest BCUT2D eigenvalue weighted by Gasteiger charge is -2.36. The molecule has 0 bridgehead atoms. The van der Waals surface area contributed by atoms with Crippen LogP contribution in [-0.2, 0) is 14.3 Å². The Morgan fingerprint density at radius 2 is 1.88 bits per heavy atom. The van der Waals surface area contributed by atoms with E-state index >= 15 is 0 Å². The number of carbonyl (C=O) groups excluding carboxylic acids is 2. The Balaban J connectivity index is 2.70. The number of amides is 1. The molecule has 1 aliphatic rings. The van der Waals surface area contributed by atoms with Crippen LogP contribution in [0.3, 0.4) is 0 Å². The number of esters is 1. The smallest absolute Gasteiger partial charge is 0.410 e. The van der Waals surface area contributed by atoms with Crippen LogP contribution >= 0.6 is 0 Å². The van der Waals surface area contributed by atoms with Gasteiger partial charge in [-0.2, -0.15) is 0 Å². The first-order valence-electron chi connectivity index (χ1n) is 9.91. The second-order valence-corrected chi connectivity index (χ2v) is 7.81. The van der Waals surface area contributed by atoms with Gasteiger partial charge in [-0.1, -0.05) is 32.1 Å². The van der Waals surface area contributed by atoms with Crippen molar-refractivity contribution in [3.63, 3.8) is 0 Å². The summed E-state index contributed by atoms with van der Waals surface area (Å²) in [4.78, 5) is 26.3. The molecule has 0 N–H and O–H groups in total. The Kier molecular flexibility index (Phi) is 9.54. The van der Waals surface area contributed by atoms with Gasteiger partial charge in [0.1, 0.15) is 5.60 Å². The first-order valence-corrected chi connectivity index (χ1v) is 9.91. The molecule has 1 fully saturated rings. The lowest BCUT2D eigenvalue weighted by atomic mass is 9.86. The van der Waals surface area contributed by atoms with E-state index in [1.165, 1.54) is 19.3 Å². The molecule has 148 valence electrons. The second-order valence-electron chi connectivity index (χ2n) is 7.81. The van der Waals surface area contributed by atoms with E-state index in [1.54, 1.807) is 11.8 Å². The zero-order valence-corrected chi connectivity index (χ0v) is 17.1. The largest absolute Gasteiger partial charge is 0.466 e. The van der Waals surface area contributed by atoms with Crippen molar-refractivity contribution in [3.05, 3.63) is 0 Å². The van der Waals surface area contributed by atoms with Crippen molar-refractivity contribution < 1.29 is 19.1 Å². The molecule has 0 radical (unpaired) electrons. The quantitative estimate of drug-likeness (QED) is 0.398. The van der Waals surface area contributed by atoms with Gasteiger partial charge >= 0.3 is 12.1 Å². The van der Waals surface area contributed by atoms with E-state index in [0.717, 1.165) is 12.8 Å². The van der Waals surface area contributed by atoms with E-state index < -0.39 is 11.5 Å². The molecule has 0 spiro atoms. The third-order valence-electron chi connectivity index (χ3n) is 4.30. The predicted octanol–water partition coefficient (Wildman–Crippen LogP) is 4.40. The topological polar surface area (TPSA) is 55.8 Å². The highest BCUT2D eigenvalue weighted by molar-refractivity contribution is 5.75. The van der Waals surface area contributed by atoms with Crippen molar-refractivity contribution in [2.45, 2.75) is 78.7 Å². The summed E-state index contributed by atoms with van der Waals surface area (Å²) in [6.45, 7) is 10.7. The molecule has 1 amide bonds. The summed E-state index contributed by atoms with van der Waals surface area (Å²) in [6.07, 6.45) is 5.90. The molecule has 0 saturated carbocycles. The SMILES string of the molecule is CCCCCCC#CC1CCN(C(=O)OC(C)(C)C)CC1C(=O)OCC. The lowest BCUT2D eigenvalue weighted by Crippen LogP contribution is -2.48. The number of likely N-dealkylation sites (tertiary alicyclic amines) is 1. The molecule has 0 aromatic rings.